The monoisotopic (exact) mass is 367 g/mol. The van der Waals surface area contributed by atoms with Gasteiger partial charge in [-0.2, -0.15) is 0 Å². The summed E-state index contributed by atoms with van der Waals surface area (Å²) in [5.41, 5.74) is 1.62. The van der Waals surface area contributed by atoms with Gasteiger partial charge in [-0.05, 0) is 36.8 Å². The fourth-order valence-electron chi connectivity index (χ4n) is 2.09. The number of esters is 1. The van der Waals surface area contributed by atoms with Gasteiger partial charge >= 0.3 is 5.97 Å². The van der Waals surface area contributed by atoms with Gasteiger partial charge < -0.3 is 4.74 Å². The zero-order valence-corrected chi connectivity index (χ0v) is 14.9. The van der Waals surface area contributed by atoms with E-state index in [0.29, 0.717) is 10.6 Å². The average Bonchev–Trinajstić information content (AvgIpc) is 2.52. The molecule has 0 amide bonds. The molecule has 0 aliphatic heterocycles. The third-order valence-corrected chi connectivity index (χ3v) is 5.03. The molecule has 5 nitrogen and oxygen atoms in total. The first kappa shape index (κ1) is 18.4. The van der Waals surface area contributed by atoms with Gasteiger partial charge in [0, 0.05) is 11.9 Å². The van der Waals surface area contributed by atoms with Crippen molar-refractivity contribution in [3.8, 4) is 0 Å². The summed E-state index contributed by atoms with van der Waals surface area (Å²) < 4.78 is 32.4. The van der Waals surface area contributed by atoms with Crippen molar-refractivity contribution in [3.05, 3.63) is 64.7 Å². The normalized spacial score (nSPS) is 12.6. The number of hydrogen-bond acceptors (Lipinski definition) is 4. The molecule has 2 aromatic carbocycles. The Morgan fingerprint density at radius 3 is 2.25 bits per heavy atom. The Labute approximate surface area is 146 Å². The Kier molecular flexibility index (Phi) is 5.99. The molecule has 1 unspecified atom stereocenters. The summed E-state index contributed by atoms with van der Waals surface area (Å²) in [6, 6.07) is 13.2. The van der Waals surface area contributed by atoms with Crippen LogP contribution in [-0.2, 0) is 19.6 Å². The second kappa shape index (κ2) is 7.79. The molecule has 1 N–H and O–H groups in total. The van der Waals surface area contributed by atoms with Crippen LogP contribution in [0.5, 0.6) is 0 Å². The Morgan fingerprint density at radius 2 is 1.71 bits per heavy atom. The van der Waals surface area contributed by atoms with E-state index in [2.05, 4.69) is 4.72 Å². The molecule has 1 atom stereocenters. The molecule has 0 saturated carbocycles. The van der Waals surface area contributed by atoms with Gasteiger partial charge in [-0.1, -0.05) is 41.4 Å². The highest BCUT2D eigenvalue weighted by molar-refractivity contribution is 7.89. The Bertz CT molecular complexity index is 801. The van der Waals surface area contributed by atoms with Crippen molar-refractivity contribution in [2.75, 3.05) is 6.54 Å². The molecule has 2 rings (SSSR count). The lowest BCUT2D eigenvalue weighted by Gasteiger charge is -2.18. The number of hydrogen-bond donors (Lipinski definition) is 1. The first-order valence-electron chi connectivity index (χ1n) is 7.27. The van der Waals surface area contributed by atoms with Crippen LogP contribution < -0.4 is 4.72 Å². The van der Waals surface area contributed by atoms with Crippen LogP contribution in [0.2, 0.25) is 5.02 Å². The summed E-state index contributed by atoms with van der Waals surface area (Å²) in [5.74, 6) is -0.496. The van der Waals surface area contributed by atoms with Crippen molar-refractivity contribution in [1.82, 2.24) is 4.72 Å². The summed E-state index contributed by atoms with van der Waals surface area (Å²) in [5, 5.41) is 0.542. The molecule has 0 saturated heterocycles. The van der Waals surface area contributed by atoms with E-state index < -0.39 is 22.1 Å². The van der Waals surface area contributed by atoms with E-state index in [0.717, 1.165) is 5.56 Å². The summed E-state index contributed by atoms with van der Waals surface area (Å²) in [7, 11) is -3.69. The smallest absolute Gasteiger partial charge is 0.303 e. The van der Waals surface area contributed by atoms with Gasteiger partial charge in [0.25, 0.3) is 0 Å². The molecule has 24 heavy (non-hydrogen) atoms. The van der Waals surface area contributed by atoms with E-state index in [1.165, 1.54) is 19.1 Å². The van der Waals surface area contributed by atoms with Gasteiger partial charge in [0.15, 0.2) is 0 Å². The van der Waals surface area contributed by atoms with Gasteiger partial charge in [0.2, 0.25) is 10.0 Å². The van der Waals surface area contributed by atoms with E-state index >= 15 is 0 Å². The summed E-state index contributed by atoms with van der Waals surface area (Å²) >= 11 is 5.85. The van der Waals surface area contributed by atoms with Gasteiger partial charge in [0.05, 0.1) is 11.4 Å². The van der Waals surface area contributed by atoms with Gasteiger partial charge in [0.1, 0.15) is 6.10 Å². The van der Waals surface area contributed by atoms with Crippen LogP contribution in [0.3, 0.4) is 0 Å². The van der Waals surface area contributed by atoms with Crippen molar-refractivity contribution in [2.45, 2.75) is 24.8 Å². The Balaban J connectivity index is 2.16. The minimum atomic E-state index is -3.69. The number of carbonyl (C=O) groups excluding carboxylic acids is 1. The molecule has 0 aromatic heterocycles. The van der Waals surface area contributed by atoms with Crippen LogP contribution in [0.1, 0.15) is 24.2 Å². The molecule has 0 aliphatic rings. The first-order valence-corrected chi connectivity index (χ1v) is 9.13. The molecule has 0 spiro atoms. The standard InChI is InChI=1S/C17H18ClNO4S/c1-12-3-9-16(10-4-12)24(21,22)19-11-17(23-13(2)20)14-5-7-15(18)8-6-14/h3-10,17,19H,11H2,1-2H3. The third-order valence-electron chi connectivity index (χ3n) is 3.34. The van der Waals surface area contributed by atoms with E-state index in [1.54, 1.807) is 36.4 Å². The van der Waals surface area contributed by atoms with E-state index in [4.69, 9.17) is 16.3 Å². The average molecular weight is 368 g/mol. The number of sulfonamides is 1. The van der Waals surface area contributed by atoms with Crippen molar-refractivity contribution >= 4 is 27.6 Å². The molecule has 128 valence electrons. The quantitative estimate of drug-likeness (QED) is 0.795. The molecule has 7 heteroatoms. The second-order valence-electron chi connectivity index (χ2n) is 5.31. The summed E-state index contributed by atoms with van der Waals surface area (Å²) in [4.78, 5) is 11.5. The zero-order valence-electron chi connectivity index (χ0n) is 13.3. The van der Waals surface area contributed by atoms with Crippen molar-refractivity contribution in [2.24, 2.45) is 0 Å². The lowest BCUT2D eigenvalue weighted by atomic mass is 10.1. The number of nitrogens with one attached hydrogen (secondary N) is 1. The largest absolute Gasteiger partial charge is 0.456 e. The molecular weight excluding hydrogens is 350 g/mol. The van der Waals surface area contributed by atoms with Crippen molar-refractivity contribution < 1.29 is 17.9 Å². The number of carbonyl (C=O) groups is 1. The maximum absolute atomic E-state index is 12.3. The van der Waals surface area contributed by atoms with E-state index in [1.807, 2.05) is 6.92 Å². The summed E-state index contributed by atoms with van der Waals surface area (Å²) in [6.07, 6.45) is -0.736. The fraction of sp³-hybridized carbons (Fsp3) is 0.235. The van der Waals surface area contributed by atoms with Gasteiger partial charge in [-0.3, -0.25) is 4.79 Å². The van der Waals surface area contributed by atoms with Crippen LogP contribution in [0, 0.1) is 6.92 Å². The SMILES string of the molecule is CC(=O)OC(CNS(=O)(=O)c1ccc(C)cc1)c1ccc(Cl)cc1. The van der Waals surface area contributed by atoms with E-state index in [-0.39, 0.29) is 11.4 Å². The lowest BCUT2D eigenvalue weighted by Crippen LogP contribution is -2.30. The number of aryl methyl sites for hydroxylation is 1. The highest BCUT2D eigenvalue weighted by atomic mass is 35.5. The predicted octanol–water partition coefficient (Wildman–Crippen LogP) is 3.23. The van der Waals surface area contributed by atoms with Crippen LogP contribution in [-0.4, -0.2) is 20.9 Å². The van der Waals surface area contributed by atoms with Gasteiger partial charge in [-0.25, -0.2) is 13.1 Å². The van der Waals surface area contributed by atoms with Crippen molar-refractivity contribution in [3.63, 3.8) is 0 Å². The zero-order chi connectivity index (χ0) is 17.7. The molecule has 0 aliphatic carbocycles. The maximum atomic E-state index is 12.3. The minimum Gasteiger partial charge on any atom is -0.456 e. The summed E-state index contributed by atoms with van der Waals surface area (Å²) in [6.45, 7) is 3.08. The fourth-order valence-corrected chi connectivity index (χ4v) is 3.25. The third kappa shape index (κ3) is 5.06. The molecular formula is C17H18ClNO4S. The Hall–Kier alpha value is -1.89. The number of halogens is 1. The lowest BCUT2D eigenvalue weighted by molar-refractivity contribution is -0.146. The minimum absolute atomic E-state index is 0.0720. The maximum Gasteiger partial charge on any atom is 0.303 e. The van der Waals surface area contributed by atoms with Crippen molar-refractivity contribution in [1.29, 1.82) is 0 Å². The second-order valence-corrected chi connectivity index (χ2v) is 7.52. The number of benzene rings is 2. The highest BCUT2D eigenvalue weighted by Crippen LogP contribution is 2.20. The van der Waals surface area contributed by atoms with Crippen LogP contribution in [0.25, 0.3) is 0 Å². The Morgan fingerprint density at radius 1 is 1.12 bits per heavy atom. The molecule has 0 heterocycles. The molecule has 0 radical (unpaired) electrons. The molecule has 0 fully saturated rings. The molecule has 2 aromatic rings. The van der Waals surface area contributed by atoms with Crippen LogP contribution in [0.4, 0.5) is 0 Å². The number of ether oxygens (including phenoxy) is 1. The van der Waals surface area contributed by atoms with Crippen LogP contribution >= 0.6 is 11.6 Å². The predicted molar refractivity (Wildman–Crippen MR) is 92.3 cm³/mol. The van der Waals surface area contributed by atoms with E-state index in [9.17, 15) is 13.2 Å². The van der Waals surface area contributed by atoms with Gasteiger partial charge in [-0.15, -0.1) is 0 Å². The number of rotatable bonds is 6. The first-order chi connectivity index (χ1) is 11.3. The molecule has 0 bridgehead atoms. The van der Waals surface area contributed by atoms with Crippen LogP contribution in [0.15, 0.2) is 53.4 Å². The topological polar surface area (TPSA) is 72.5 Å². The highest BCUT2D eigenvalue weighted by Gasteiger charge is 2.20.